The van der Waals surface area contributed by atoms with Gasteiger partial charge in [-0.2, -0.15) is 0 Å². The number of pyridine rings is 1. The Morgan fingerprint density at radius 3 is 2.54 bits per heavy atom. The van der Waals surface area contributed by atoms with E-state index < -0.39 is 34.9 Å². The first-order valence-electron chi connectivity index (χ1n) is 13.4. The number of aromatic nitrogens is 3. The number of primary amides is 1. The predicted octanol–water partition coefficient (Wildman–Crippen LogP) is 3.76. The molecule has 41 heavy (non-hydrogen) atoms. The zero-order chi connectivity index (χ0) is 30.1. The predicted molar refractivity (Wildman–Crippen MR) is 159 cm³/mol. The fraction of sp³-hybridized carbons (Fsp3) is 0.448. The summed E-state index contributed by atoms with van der Waals surface area (Å²) in [6.45, 7) is 12.2. The maximum absolute atomic E-state index is 13.7. The number of esters is 1. The Bertz CT molecular complexity index is 1580. The van der Waals surface area contributed by atoms with Crippen LogP contribution in [0.15, 0.2) is 34.6 Å². The minimum atomic E-state index is -0.702. The first kappa shape index (κ1) is 29.9. The molecule has 218 valence electrons. The van der Waals surface area contributed by atoms with E-state index in [2.05, 4.69) is 10.3 Å². The maximum Gasteiger partial charge on any atom is 0.331 e. The van der Waals surface area contributed by atoms with Crippen LogP contribution in [-0.2, 0) is 19.7 Å². The summed E-state index contributed by atoms with van der Waals surface area (Å²) in [4.78, 5) is 62.2. The second kappa shape index (κ2) is 11.4. The fourth-order valence-corrected chi connectivity index (χ4v) is 5.33. The van der Waals surface area contributed by atoms with Crippen molar-refractivity contribution in [3.8, 4) is 0 Å². The van der Waals surface area contributed by atoms with E-state index in [1.54, 1.807) is 20.8 Å². The standard InChI is InChI=1S/C29H36N6O5S/c1-28(2,3)20-16-41-27(31-20)33-25(38)17-11-13-35-21(14-17)32-24(34-12-7-8-18(15-34)23(30)37)19(26(35)39)9-10-22(36)40-29(4,5)6/h9-11,13-14,16,18H,7-8,12,15H2,1-6H3,(H2,30,37)(H,31,33,38)/b10-9+. The number of hydrogen-bond acceptors (Lipinski definition) is 9. The second-order valence-corrected chi connectivity index (χ2v) is 13.0. The quantitative estimate of drug-likeness (QED) is 0.331. The Morgan fingerprint density at radius 2 is 1.90 bits per heavy atom. The monoisotopic (exact) mass is 580 g/mol. The normalized spacial score (nSPS) is 16.2. The lowest BCUT2D eigenvalue weighted by Gasteiger charge is -2.33. The van der Waals surface area contributed by atoms with Crippen molar-refractivity contribution in [3.63, 3.8) is 0 Å². The van der Waals surface area contributed by atoms with Crippen molar-refractivity contribution in [1.82, 2.24) is 14.4 Å². The van der Waals surface area contributed by atoms with Gasteiger partial charge in [-0.05, 0) is 51.8 Å². The Morgan fingerprint density at radius 1 is 1.17 bits per heavy atom. The number of nitrogens with zero attached hydrogens (tertiary/aromatic N) is 4. The van der Waals surface area contributed by atoms with Gasteiger partial charge in [0.1, 0.15) is 17.1 Å². The molecule has 1 unspecified atom stereocenters. The second-order valence-electron chi connectivity index (χ2n) is 12.1. The van der Waals surface area contributed by atoms with Gasteiger partial charge < -0.3 is 15.4 Å². The lowest BCUT2D eigenvalue weighted by molar-refractivity contribution is -0.148. The lowest BCUT2D eigenvalue weighted by atomic mass is 9.93. The third-order valence-corrected chi connectivity index (χ3v) is 7.27. The summed E-state index contributed by atoms with van der Waals surface area (Å²) in [5, 5.41) is 5.20. The van der Waals surface area contributed by atoms with Crippen LogP contribution in [0.3, 0.4) is 0 Å². The van der Waals surface area contributed by atoms with Gasteiger partial charge in [0, 0.05) is 41.7 Å². The minimum absolute atomic E-state index is 0.151. The van der Waals surface area contributed by atoms with Crippen molar-refractivity contribution in [2.45, 2.75) is 65.4 Å². The van der Waals surface area contributed by atoms with Crippen molar-refractivity contribution < 1.29 is 19.1 Å². The molecule has 11 nitrogen and oxygen atoms in total. The molecule has 1 saturated heterocycles. The highest BCUT2D eigenvalue weighted by Gasteiger charge is 2.28. The number of anilines is 2. The van der Waals surface area contributed by atoms with Crippen LogP contribution in [0.5, 0.6) is 0 Å². The van der Waals surface area contributed by atoms with Gasteiger partial charge in [-0.15, -0.1) is 11.3 Å². The van der Waals surface area contributed by atoms with Crippen molar-refractivity contribution in [3.05, 3.63) is 57.0 Å². The SMILES string of the molecule is CC(C)(C)OC(=O)/C=C/c1c(N2CCCC(C(N)=O)C2)nc2cc(C(=O)Nc3nc(C(C)(C)C)cs3)ccn2c1=O. The van der Waals surface area contributed by atoms with Gasteiger partial charge in [-0.3, -0.25) is 24.1 Å². The molecule has 0 bridgehead atoms. The van der Waals surface area contributed by atoms with E-state index in [4.69, 9.17) is 15.5 Å². The number of carbonyl (C=O) groups is 3. The topological polar surface area (TPSA) is 149 Å². The molecule has 4 heterocycles. The van der Waals surface area contributed by atoms with Crippen LogP contribution < -0.4 is 21.5 Å². The number of piperidine rings is 1. The van der Waals surface area contributed by atoms with E-state index >= 15 is 0 Å². The zero-order valence-electron chi connectivity index (χ0n) is 24.2. The van der Waals surface area contributed by atoms with Crippen LogP contribution >= 0.6 is 11.3 Å². The van der Waals surface area contributed by atoms with Crippen LogP contribution in [0.4, 0.5) is 10.9 Å². The number of hydrogen-bond donors (Lipinski definition) is 2. The van der Waals surface area contributed by atoms with E-state index in [0.717, 1.165) is 5.69 Å². The van der Waals surface area contributed by atoms with E-state index in [0.29, 0.717) is 35.9 Å². The molecule has 0 aromatic carbocycles. The Hall–Kier alpha value is -4.06. The van der Waals surface area contributed by atoms with Gasteiger partial charge in [0.05, 0.1) is 17.2 Å². The summed E-state index contributed by atoms with van der Waals surface area (Å²) in [5.74, 6) is -1.52. The first-order valence-corrected chi connectivity index (χ1v) is 14.3. The molecule has 0 radical (unpaired) electrons. The summed E-state index contributed by atoms with van der Waals surface area (Å²) in [6.07, 6.45) is 5.36. The molecule has 0 saturated carbocycles. The average Bonchev–Trinajstić information content (AvgIpc) is 3.36. The molecule has 3 aromatic rings. The fourth-order valence-electron chi connectivity index (χ4n) is 4.40. The molecular formula is C29H36N6O5S. The number of thiazole rings is 1. The number of rotatable bonds is 6. The van der Waals surface area contributed by atoms with Gasteiger partial charge >= 0.3 is 5.97 Å². The van der Waals surface area contributed by atoms with Crippen LogP contribution in [0.2, 0.25) is 0 Å². The molecule has 4 rings (SSSR count). The number of nitrogens with one attached hydrogen (secondary N) is 1. The van der Waals surface area contributed by atoms with Crippen LogP contribution in [0.25, 0.3) is 11.7 Å². The number of carbonyl (C=O) groups excluding carboxylic acids is 3. The first-order chi connectivity index (χ1) is 19.1. The zero-order valence-corrected chi connectivity index (χ0v) is 25.0. The molecule has 0 aliphatic carbocycles. The number of ether oxygens (including phenoxy) is 1. The summed E-state index contributed by atoms with van der Waals surface area (Å²) in [7, 11) is 0. The summed E-state index contributed by atoms with van der Waals surface area (Å²) in [5.41, 5.74) is 5.86. The molecule has 1 aliphatic rings. The molecule has 1 atom stereocenters. The largest absolute Gasteiger partial charge is 0.457 e. The molecular weight excluding hydrogens is 544 g/mol. The van der Waals surface area contributed by atoms with E-state index in [-0.39, 0.29) is 23.2 Å². The third kappa shape index (κ3) is 7.18. The summed E-state index contributed by atoms with van der Waals surface area (Å²) >= 11 is 1.34. The van der Waals surface area contributed by atoms with Crippen molar-refractivity contribution in [1.29, 1.82) is 0 Å². The van der Waals surface area contributed by atoms with Gasteiger partial charge in [-0.1, -0.05) is 20.8 Å². The highest BCUT2D eigenvalue weighted by atomic mass is 32.1. The van der Waals surface area contributed by atoms with Crippen molar-refractivity contribution in [2.75, 3.05) is 23.3 Å². The summed E-state index contributed by atoms with van der Waals surface area (Å²) < 4.78 is 6.66. The van der Waals surface area contributed by atoms with Gasteiger partial charge in [0.2, 0.25) is 5.91 Å². The smallest absolute Gasteiger partial charge is 0.331 e. The van der Waals surface area contributed by atoms with Crippen molar-refractivity contribution in [2.24, 2.45) is 11.7 Å². The Balaban J connectivity index is 1.73. The Labute approximate surface area is 242 Å². The number of fused-ring (bicyclic) bond motifs is 1. The van der Waals surface area contributed by atoms with E-state index in [9.17, 15) is 19.2 Å². The van der Waals surface area contributed by atoms with Crippen LogP contribution in [-0.4, -0.2) is 50.8 Å². The Kier molecular flexibility index (Phi) is 8.34. The van der Waals surface area contributed by atoms with E-state index in [1.807, 2.05) is 31.1 Å². The van der Waals surface area contributed by atoms with E-state index in [1.165, 1.54) is 46.2 Å². The highest BCUT2D eigenvalue weighted by Crippen LogP contribution is 2.27. The molecule has 12 heteroatoms. The van der Waals surface area contributed by atoms with Crippen LogP contribution in [0, 0.1) is 5.92 Å². The average molecular weight is 581 g/mol. The van der Waals surface area contributed by atoms with Crippen molar-refractivity contribution >= 4 is 51.8 Å². The molecule has 3 N–H and O–H groups in total. The van der Waals surface area contributed by atoms with Crippen LogP contribution in [0.1, 0.15) is 76.0 Å². The summed E-state index contributed by atoms with van der Waals surface area (Å²) in [6, 6.07) is 3.05. The molecule has 0 spiro atoms. The van der Waals surface area contributed by atoms with Gasteiger partial charge in [0.15, 0.2) is 5.13 Å². The maximum atomic E-state index is 13.7. The molecule has 2 amide bonds. The van der Waals surface area contributed by atoms with Gasteiger partial charge in [0.25, 0.3) is 11.5 Å². The number of amides is 2. The minimum Gasteiger partial charge on any atom is -0.457 e. The highest BCUT2D eigenvalue weighted by molar-refractivity contribution is 7.14. The molecule has 1 aliphatic heterocycles. The third-order valence-electron chi connectivity index (χ3n) is 6.52. The molecule has 1 fully saturated rings. The molecule has 3 aromatic heterocycles. The lowest BCUT2D eigenvalue weighted by Crippen LogP contribution is -2.42. The number of nitrogens with two attached hydrogens (primary N) is 1. The van der Waals surface area contributed by atoms with Gasteiger partial charge in [-0.25, -0.2) is 14.8 Å².